The van der Waals surface area contributed by atoms with Gasteiger partial charge in [0.25, 0.3) is 0 Å². The minimum atomic E-state index is -4.48. The van der Waals surface area contributed by atoms with Crippen LogP contribution in [0.3, 0.4) is 0 Å². The van der Waals surface area contributed by atoms with Crippen LogP contribution in [0.5, 0.6) is 0 Å². The number of morpholine rings is 1. The van der Waals surface area contributed by atoms with Gasteiger partial charge in [-0.25, -0.2) is 9.79 Å². The topological polar surface area (TPSA) is 71.4 Å². The van der Waals surface area contributed by atoms with Gasteiger partial charge in [-0.1, -0.05) is 30.8 Å². The second-order valence-corrected chi connectivity index (χ2v) is 8.73. The SMILES string of the molecule is CCC1=C(C(=O)OC)C(c2ccc(C(F)(F)F)cc2)N2C(CC(=O)N3CCOCC3)=CSC2=N1. The largest absolute Gasteiger partial charge is 0.466 e. The van der Waals surface area contributed by atoms with Gasteiger partial charge in [-0.3, -0.25) is 4.79 Å². The van der Waals surface area contributed by atoms with E-state index in [2.05, 4.69) is 4.99 Å². The fourth-order valence-corrected chi connectivity index (χ4v) is 5.10. The molecule has 3 aliphatic rings. The van der Waals surface area contributed by atoms with E-state index in [1.807, 2.05) is 12.3 Å². The van der Waals surface area contributed by atoms with Crippen molar-refractivity contribution >= 4 is 28.8 Å². The third-order valence-electron chi connectivity index (χ3n) is 5.88. The number of hydrogen-bond acceptors (Lipinski definition) is 7. The number of carbonyl (C=O) groups is 2. The minimum Gasteiger partial charge on any atom is -0.466 e. The molecule has 0 radical (unpaired) electrons. The summed E-state index contributed by atoms with van der Waals surface area (Å²) in [7, 11) is 1.25. The highest BCUT2D eigenvalue weighted by molar-refractivity contribution is 8.16. The van der Waals surface area contributed by atoms with Crippen molar-refractivity contribution in [2.24, 2.45) is 4.99 Å². The molecular formula is C23H24F3N3O4S. The highest BCUT2D eigenvalue weighted by Gasteiger charge is 2.42. The number of amides is 1. The van der Waals surface area contributed by atoms with Crippen LogP contribution < -0.4 is 0 Å². The molecule has 3 aliphatic heterocycles. The molecule has 11 heteroatoms. The first-order chi connectivity index (χ1) is 16.2. The van der Waals surface area contributed by atoms with Gasteiger partial charge in [0, 0.05) is 18.8 Å². The first kappa shape index (κ1) is 24.3. The lowest BCUT2D eigenvalue weighted by atomic mass is 9.92. The van der Waals surface area contributed by atoms with E-state index in [-0.39, 0.29) is 17.9 Å². The second kappa shape index (κ2) is 9.83. The number of ether oxygens (including phenoxy) is 2. The zero-order valence-electron chi connectivity index (χ0n) is 18.7. The summed E-state index contributed by atoms with van der Waals surface area (Å²) in [5.41, 5.74) is 1.07. The Hall–Kier alpha value is -2.79. The van der Waals surface area contributed by atoms with E-state index in [9.17, 15) is 22.8 Å². The number of fused-ring (bicyclic) bond motifs is 1. The summed E-state index contributed by atoms with van der Waals surface area (Å²) in [6.07, 6.45) is -3.98. The van der Waals surface area contributed by atoms with Crippen LogP contribution in [0.2, 0.25) is 0 Å². The van der Waals surface area contributed by atoms with Gasteiger partial charge in [0.1, 0.15) is 0 Å². The Labute approximate surface area is 199 Å². The zero-order chi connectivity index (χ0) is 24.5. The van der Waals surface area contributed by atoms with Gasteiger partial charge in [-0.2, -0.15) is 13.2 Å². The molecule has 34 heavy (non-hydrogen) atoms. The summed E-state index contributed by atoms with van der Waals surface area (Å²) >= 11 is 1.32. The number of hydrogen-bond donors (Lipinski definition) is 0. The Balaban J connectivity index is 1.72. The summed E-state index contributed by atoms with van der Waals surface area (Å²) in [6.45, 7) is 3.78. The number of amidine groups is 1. The lowest BCUT2D eigenvalue weighted by Crippen LogP contribution is -2.42. The zero-order valence-corrected chi connectivity index (χ0v) is 19.5. The number of thioether (sulfide) groups is 1. The van der Waals surface area contributed by atoms with Crippen molar-refractivity contribution in [1.82, 2.24) is 9.80 Å². The molecular weight excluding hydrogens is 471 g/mol. The molecule has 0 aromatic heterocycles. The predicted octanol–water partition coefficient (Wildman–Crippen LogP) is 4.09. The molecule has 1 aromatic rings. The average Bonchev–Trinajstić information content (AvgIpc) is 3.24. The summed E-state index contributed by atoms with van der Waals surface area (Å²) in [5, 5.41) is 2.38. The molecule has 1 unspecified atom stereocenters. The maximum absolute atomic E-state index is 13.2. The molecule has 3 heterocycles. The second-order valence-electron chi connectivity index (χ2n) is 7.89. The standard InChI is InChI=1S/C23H24F3N3O4S/c1-3-17-19(21(31)32-2)20(14-4-6-15(7-5-14)23(24,25)26)29-16(13-34-22(29)27-17)12-18(30)28-8-10-33-11-9-28/h4-7,13,20H,3,8-12H2,1-2H3. The monoisotopic (exact) mass is 495 g/mol. The number of methoxy groups -OCH3 is 1. The normalized spacial score (nSPS) is 20.7. The number of aliphatic imine (C=N–C) groups is 1. The molecule has 182 valence electrons. The van der Waals surface area contributed by atoms with E-state index in [0.29, 0.717) is 54.8 Å². The van der Waals surface area contributed by atoms with E-state index in [1.165, 1.54) is 31.0 Å². The van der Waals surface area contributed by atoms with E-state index in [4.69, 9.17) is 9.47 Å². The predicted molar refractivity (Wildman–Crippen MR) is 120 cm³/mol. The first-order valence-corrected chi connectivity index (χ1v) is 11.7. The van der Waals surface area contributed by atoms with E-state index >= 15 is 0 Å². The van der Waals surface area contributed by atoms with Gasteiger partial charge in [0.05, 0.1) is 49.6 Å². The van der Waals surface area contributed by atoms with Gasteiger partial charge >= 0.3 is 12.1 Å². The smallest absolute Gasteiger partial charge is 0.416 e. The lowest BCUT2D eigenvalue weighted by molar-refractivity contribution is -0.138. The van der Waals surface area contributed by atoms with Crippen molar-refractivity contribution < 1.29 is 32.2 Å². The molecule has 1 atom stereocenters. The quantitative estimate of drug-likeness (QED) is 0.573. The van der Waals surface area contributed by atoms with Crippen LogP contribution in [-0.4, -0.2) is 60.3 Å². The molecule has 0 bridgehead atoms. The number of allylic oxidation sites excluding steroid dienone is 1. The summed E-state index contributed by atoms with van der Waals surface area (Å²) in [6, 6.07) is 3.93. The molecule has 0 spiro atoms. The van der Waals surface area contributed by atoms with E-state index in [0.717, 1.165) is 12.1 Å². The average molecular weight is 496 g/mol. The van der Waals surface area contributed by atoms with Gasteiger partial charge in [0.2, 0.25) is 5.91 Å². The number of benzene rings is 1. The Bertz CT molecular complexity index is 1060. The fourth-order valence-electron chi connectivity index (χ4n) is 4.16. The third-order valence-corrected chi connectivity index (χ3v) is 6.77. The number of halogens is 3. The van der Waals surface area contributed by atoms with E-state index < -0.39 is 23.8 Å². The lowest BCUT2D eigenvalue weighted by Gasteiger charge is -2.37. The van der Waals surface area contributed by atoms with Crippen molar-refractivity contribution in [2.75, 3.05) is 33.4 Å². The molecule has 1 amide bonds. The number of carbonyl (C=O) groups excluding carboxylic acids is 2. The molecule has 1 fully saturated rings. The van der Waals surface area contributed by atoms with Gasteiger partial charge in [-0.15, -0.1) is 0 Å². The Morgan fingerprint density at radius 2 is 1.88 bits per heavy atom. The van der Waals surface area contributed by atoms with Crippen LogP contribution >= 0.6 is 11.8 Å². The minimum absolute atomic E-state index is 0.0685. The molecule has 0 aliphatic carbocycles. The molecule has 1 aromatic carbocycles. The molecule has 7 nitrogen and oxygen atoms in total. The third kappa shape index (κ3) is 4.72. The van der Waals surface area contributed by atoms with Gasteiger partial charge < -0.3 is 19.3 Å². The van der Waals surface area contributed by atoms with Crippen LogP contribution in [0, 0.1) is 0 Å². The van der Waals surface area contributed by atoms with Crippen LogP contribution in [0.4, 0.5) is 13.2 Å². The van der Waals surface area contributed by atoms with Crippen molar-refractivity contribution in [3.05, 3.63) is 57.8 Å². The summed E-state index contributed by atoms with van der Waals surface area (Å²) in [4.78, 5) is 33.9. The highest BCUT2D eigenvalue weighted by atomic mass is 32.2. The molecule has 4 rings (SSSR count). The number of nitrogens with zero attached hydrogens (tertiary/aromatic N) is 3. The maximum atomic E-state index is 13.2. The Kier molecular flexibility index (Phi) is 7.04. The molecule has 1 saturated heterocycles. The highest BCUT2D eigenvalue weighted by Crippen LogP contribution is 2.46. The Morgan fingerprint density at radius 3 is 2.47 bits per heavy atom. The van der Waals surface area contributed by atoms with Crippen LogP contribution in [0.15, 0.2) is 51.6 Å². The van der Waals surface area contributed by atoms with Crippen molar-refractivity contribution in [1.29, 1.82) is 0 Å². The van der Waals surface area contributed by atoms with E-state index in [1.54, 1.807) is 9.80 Å². The van der Waals surface area contributed by atoms with Gasteiger partial charge in [-0.05, 0) is 29.5 Å². The first-order valence-electron chi connectivity index (χ1n) is 10.8. The maximum Gasteiger partial charge on any atom is 0.416 e. The summed E-state index contributed by atoms with van der Waals surface area (Å²) in [5.74, 6) is -0.701. The van der Waals surface area contributed by atoms with Crippen molar-refractivity contribution in [2.45, 2.75) is 32.0 Å². The van der Waals surface area contributed by atoms with Gasteiger partial charge in [0.15, 0.2) is 5.17 Å². The van der Waals surface area contributed by atoms with Crippen LogP contribution in [0.1, 0.15) is 36.9 Å². The number of rotatable bonds is 5. The Morgan fingerprint density at radius 1 is 1.21 bits per heavy atom. The fraction of sp³-hybridized carbons (Fsp3) is 0.435. The van der Waals surface area contributed by atoms with Crippen molar-refractivity contribution in [3.63, 3.8) is 0 Å². The van der Waals surface area contributed by atoms with Crippen LogP contribution in [0.25, 0.3) is 0 Å². The molecule has 0 N–H and O–H groups in total. The van der Waals surface area contributed by atoms with Crippen LogP contribution in [-0.2, 0) is 25.2 Å². The number of alkyl halides is 3. The molecule has 0 saturated carbocycles. The summed E-state index contributed by atoms with van der Waals surface area (Å²) < 4.78 is 49.8. The number of esters is 1. The van der Waals surface area contributed by atoms with Crippen molar-refractivity contribution in [3.8, 4) is 0 Å².